The molecule has 0 aliphatic carbocycles. The third-order valence-corrected chi connectivity index (χ3v) is 5.49. The largest absolute Gasteiger partial charge is 0.491 e. The quantitative estimate of drug-likeness (QED) is 0.427. The fraction of sp³-hybridized carbons (Fsp3) is 0.348. The van der Waals surface area contributed by atoms with Crippen molar-refractivity contribution in [2.45, 2.75) is 52.6 Å². The summed E-state index contributed by atoms with van der Waals surface area (Å²) in [6.07, 6.45) is 3.68. The minimum Gasteiger partial charge on any atom is -0.491 e. The Hall–Kier alpha value is -2.47. The van der Waals surface area contributed by atoms with Crippen molar-refractivity contribution in [1.29, 1.82) is 0 Å². The number of rotatable bonds is 7. The molecule has 0 saturated heterocycles. The van der Waals surface area contributed by atoms with Gasteiger partial charge in [0, 0.05) is 10.4 Å². The van der Waals surface area contributed by atoms with E-state index in [4.69, 9.17) is 9.72 Å². The second kappa shape index (κ2) is 9.35. The Balaban J connectivity index is 1.99. The molecule has 0 radical (unpaired) electrons. The standard InChI is InChI=1S/C23H26BrN3O2/c1-5-15(3)22-26-21-12-9-18(24)13-20(21)23(28)27(22)25-14-17-7-10-19(11-8-17)29-16(4)6-2/h7-16H,5-6H2,1-4H3/t15-,16+/m0/s1. The van der Waals surface area contributed by atoms with Crippen LogP contribution in [0.25, 0.3) is 10.9 Å². The highest BCUT2D eigenvalue weighted by atomic mass is 79.9. The summed E-state index contributed by atoms with van der Waals surface area (Å²) in [5.41, 5.74) is 1.41. The van der Waals surface area contributed by atoms with Crippen molar-refractivity contribution in [1.82, 2.24) is 9.66 Å². The third kappa shape index (κ3) is 4.93. The molecule has 6 heteroatoms. The zero-order valence-electron chi connectivity index (χ0n) is 17.2. The molecule has 0 unspecified atom stereocenters. The first kappa shape index (κ1) is 21.2. The van der Waals surface area contributed by atoms with E-state index in [1.165, 1.54) is 4.68 Å². The highest BCUT2D eigenvalue weighted by Gasteiger charge is 2.15. The summed E-state index contributed by atoms with van der Waals surface area (Å²) in [6, 6.07) is 13.2. The van der Waals surface area contributed by atoms with Gasteiger partial charge in [-0.15, -0.1) is 0 Å². The van der Waals surface area contributed by atoms with E-state index in [1.807, 2.05) is 43.3 Å². The molecule has 0 aliphatic heterocycles. The van der Waals surface area contributed by atoms with Crippen LogP contribution in [0.1, 0.15) is 57.8 Å². The number of fused-ring (bicyclic) bond motifs is 1. The molecular formula is C23H26BrN3O2. The normalized spacial score (nSPS) is 13.7. The molecule has 0 spiro atoms. The maximum Gasteiger partial charge on any atom is 0.282 e. The first-order valence-electron chi connectivity index (χ1n) is 9.96. The number of hydrogen-bond acceptors (Lipinski definition) is 4. The monoisotopic (exact) mass is 455 g/mol. The summed E-state index contributed by atoms with van der Waals surface area (Å²) >= 11 is 3.43. The Morgan fingerprint density at radius 2 is 1.86 bits per heavy atom. The lowest BCUT2D eigenvalue weighted by Gasteiger charge is -2.14. The third-order valence-electron chi connectivity index (χ3n) is 5.00. The molecule has 29 heavy (non-hydrogen) atoms. The van der Waals surface area contributed by atoms with Gasteiger partial charge in [-0.1, -0.05) is 36.7 Å². The summed E-state index contributed by atoms with van der Waals surface area (Å²) in [7, 11) is 0. The molecule has 0 aliphatic rings. The Labute approximate surface area is 179 Å². The molecule has 3 aromatic rings. The molecule has 0 saturated carbocycles. The highest BCUT2D eigenvalue weighted by molar-refractivity contribution is 9.10. The van der Waals surface area contributed by atoms with Gasteiger partial charge in [-0.05, 0) is 67.8 Å². The SMILES string of the molecule is CC[C@@H](C)Oc1ccc(C=Nn2c([C@@H](C)CC)nc3ccc(Br)cc3c2=O)cc1. The van der Waals surface area contributed by atoms with Crippen molar-refractivity contribution in [2.75, 3.05) is 0 Å². The Morgan fingerprint density at radius 3 is 2.52 bits per heavy atom. The number of benzene rings is 2. The summed E-state index contributed by atoms with van der Waals surface area (Å²) in [5, 5.41) is 5.03. The van der Waals surface area contributed by atoms with Gasteiger partial charge >= 0.3 is 0 Å². The van der Waals surface area contributed by atoms with Gasteiger partial charge in [0.2, 0.25) is 0 Å². The van der Waals surface area contributed by atoms with Gasteiger partial charge in [0.05, 0.1) is 23.2 Å². The predicted molar refractivity (Wildman–Crippen MR) is 122 cm³/mol. The van der Waals surface area contributed by atoms with Gasteiger partial charge < -0.3 is 4.74 Å². The van der Waals surface area contributed by atoms with Gasteiger partial charge in [0.1, 0.15) is 11.6 Å². The summed E-state index contributed by atoms with van der Waals surface area (Å²) in [4.78, 5) is 17.8. The van der Waals surface area contributed by atoms with Crippen molar-refractivity contribution < 1.29 is 4.74 Å². The topological polar surface area (TPSA) is 56.5 Å². The van der Waals surface area contributed by atoms with Gasteiger partial charge in [-0.2, -0.15) is 9.78 Å². The highest BCUT2D eigenvalue weighted by Crippen LogP contribution is 2.21. The van der Waals surface area contributed by atoms with Crippen molar-refractivity contribution in [2.24, 2.45) is 5.10 Å². The maximum atomic E-state index is 13.1. The van der Waals surface area contributed by atoms with Crippen LogP contribution in [0.15, 0.2) is 56.8 Å². The fourth-order valence-electron chi connectivity index (χ4n) is 2.85. The molecular weight excluding hydrogens is 430 g/mol. The number of halogens is 1. The minimum absolute atomic E-state index is 0.110. The van der Waals surface area contributed by atoms with Crippen LogP contribution in [0.4, 0.5) is 0 Å². The van der Waals surface area contributed by atoms with E-state index in [2.05, 4.69) is 41.8 Å². The summed E-state index contributed by atoms with van der Waals surface area (Å²) in [5.74, 6) is 1.60. The van der Waals surface area contributed by atoms with E-state index < -0.39 is 0 Å². The predicted octanol–water partition coefficient (Wildman–Crippen LogP) is 5.73. The van der Waals surface area contributed by atoms with Crippen LogP contribution in [0.5, 0.6) is 5.75 Å². The number of hydrogen-bond donors (Lipinski definition) is 0. The molecule has 0 fully saturated rings. The zero-order chi connectivity index (χ0) is 21.0. The molecule has 1 aromatic heterocycles. The van der Waals surface area contributed by atoms with Crippen molar-refractivity contribution in [3.05, 3.63) is 68.7 Å². The first-order chi connectivity index (χ1) is 13.9. The second-order valence-corrected chi connectivity index (χ2v) is 8.12. The van der Waals surface area contributed by atoms with Crippen LogP contribution >= 0.6 is 15.9 Å². The van der Waals surface area contributed by atoms with Crippen molar-refractivity contribution in [3.63, 3.8) is 0 Å². The Bertz CT molecular complexity index is 1070. The first-order valence-corrected chi connectivity index (χ1v) is 10.8. The van der Waals surface area contributed by atoms with E-state index in [9.17, 15) is 4.79 Å². The average molecular weight is 456 g/mol. The summed E-state index contributed by atoms with van der Waals surface area (Å²) in [6.45, 7) is 8.27. The lowest BCUT2D eigenvalue weighted by molar-refractivity contribution is 0.217. The van der Waals surface area contributed by atoms with Crippen LogP contribution < -0.4 is 10.3 Å². The lowest BCUT2D eigenvalue weighted by Crippen LogP contribution is -2.23. The fourth-order valence-corrected chi connectivity index (χ4v) is 3.21. The van der Waals surface area contributed by atoms with Crippen LogP contribution in [0.3, 0.4) is 0 Å². The number of nitrogens with zero attached hydrogens (tertiary/aromatic N) is 3. The van der Waals surface area contributed by atoms with Crippen LogP contribution in [-0.2, 0) is 0 Å². The van der Waals surface area contributed by atoms with Crippen molar-refractivity contribution in [3.8, 4) is 5.75 Å². The van der Waals surface area contributed by atoms with Crippen LogP contribution in [0.2, 0.25) is 0 Å². The van der Waals surface area contributed by atoms with Crippen molar-refractivity contribution >= 4 is 33.0 Å². The smallest absolute Gasteiger partial charge is 0.282 e. The Kier molecular flexibility index (Phi) is 6.85. The number of ether oxygens (including phenoxy) is 1. The van der Waals surface area contributed by atoms with E-state index in [-0.39, 0.29) is 17.6 Å². The van der Waals surface area contributed by atoms with Gasteiger partial charge in [0.15, 0.2) is 0 Å². The molecule has 5 nitrogen and oxygen atoms in total. The van der Waals surface area contributed by atoms with Crippen LogP contribution in [-0.4, -0.2) is 22.0 Å². The molecule has 152 valence electrons. The summed E-state index contributed by atoms with van der Waals surface area (Å²) < 4.78 is 8.07. The van der Waals surface area contributed by atoms with Gasteiger partial charge in [-0.25, -0.2) is 4.98 Å². The molecule has 2 atom stereocenters. The van der Waals surface area contributed by atoms with E-state index in [1.54, 1.807) is 12.3 Å². The van der Waals surface area contributed by atoms with Crippen LogP contribution in [0, 0.1) is 0 Å². The minimum atomic E-state index is -0.167. The molecule has 2 aromatic carbocycles. The molecule has 3 rings (SSSR count). The zero-order valence-corrected chi connectivity index (χ0v) is 18.8. The molecule has 0 bridgehead atoms. The van der Waals surface area contributed by atoms with Gasteiger partial charge in [0.25, 0.3) is 5.56 Å². The van der Waals surface area contributed by atoms with E-state index in [0.717, 1.165) is 28.6 Å². The van der Waals surface area contributed by atoms with Gasteiger partial charge in [-0.3, -0.25) is 4.79 Å². The average Bonchev–Trinajstić information content (AvgIpc) is 2.73. The maximum absolute atomic E-state index is 13.1. The number of aromatic nitrogens is 2. The molecule has 0 N–H and O–H groups in total. The molecule has 1 heterocycles. The second-order valence-electron chi connectivity index (χ2n) is 7.21. The van der Waals surface area contributed by atoms with E-state index >= 15 is 0 Å². The molecule has 0 amide bonds. The van der Waals surface area contributed by atoms with E-state index in [0.29, 0.717) is 16.7 Å². The lowest BCUT2D eigenvalue weighted by atomic mass is 10.1. The Morgan fingerprint density at radius 1 is 1.14 bits per heavy atom.